The first-order chi connectivity index (χ1) is 8.67. The molecule has 1 amide bonds. The molecule has 0 saturated carbocycles. The molecule has 1 atom stereocenters. The summed E-state index contributed by atoms with van der Waals surface area (Å²) in [6, 6.07) is 7.47. The van der Waals surface area contributed by atoms with Gasteiger partial charge in [0.25, 0.3) is 0 Å². The van der Waals surface area contributed by atoms with Crippen molar-refractivity contribution in [3.8, 4) is 11.8 Å². The average Bonchev–Trinajstić information content (AvgIpc) is 2.38. The van der Waals surface area contributed by atoms with Gasteiger partial charge in [-0.3, -0.25) is 4.79 Å². The van der Waals surface area contributed by atoms with Crippen LogP contribution in [0.2, 0.25) is 0 Å². The third kappa shape index (κ3) is 4.60. The Bertz CT molecular complexity index is 440. The van der Waals surface area contributed by atoms with E-state index in [0.717, 1.165) is 24.1 Å². The molecule has 1 unspecified atom stereocenters. The van der Waals surface area contributed by atoms with Crippen molar-refractivity contribution in [2.45, 2.75) is 26.7 Å². The number of amides is 1. The van der Waals surface area contributed by atoms with Crippen LogP contribution in [0.1, 0.15) is 32.3 Å². The standard InChI is InChI=1S/C15H20N2O/c1-3-5-12(2)15(18)17-14-9-7-13(8-10-14)6-4-11-16/h7-10,12H,3,5,11,16H2,1-2H3,(H,17,18). The van der Waals surface area contributed by atoms with Crippen molar-refractivity contribution in [3.63, 3.8) is 0 Å². The number of nitrogens with two attached hydrogens (primary N) is 1. The number of rotatable bonds is 4. The van der Waals surface area contributed by atoms with Gasteiger partial charge in [0.15, 0.2) is 0 Å². The molecule has 1 aromatic carbocycles. The minimum absolute atomic E-state index is 0.0479. The molecule has 0 saturated heterocycles. The smallest absolute Gasteiger partial charge is 0.227 e. The van der Waals surface area contributed by atoms with E-state index in [1.54, 1.807) is 0 Å². The summed E-state index contributed by atoms with van der Waals surface area (Å²) in [6.07, 6.45) is 1.92. The van der Waals surface area contributed by atoms with Crippen LogP contribution in [-0.2, 0) is 4.79 Å². The van der Waals surface area contributed by atoms with Crippen LogP contribution >= 0.6 is 0 Å². The first-order valence-electron chi connectivity index (χ1n) is 6.27. The Hall–Kier alpha value is -1.79. The molecule has 0 spiro atoms. The fraction of sp³-hybridized carbons (Fsp3) is 0.400. The normalized spacial score (nSPS) is 11.3. The molecule has 0 fully saturated rings. The fourth-order valence-electron chi connectivity index (χ4n) is 1.62. The molecule has 0 heterocycles. The van der Waals surface area contributed by atoms with Crippen LogP contribution in [0.4, 0.5) is 5.69 Å². The number of carbonyl (C=O) groups is 1. The van der Waals surface area contributed by atoms with Crippen LogP contribution in [0.15, 0.2) is 24.3 Å². The summed E-state index contributed by atoms with van der Waals surface area (Å²) < 4.78 is 0. The Labute approximate surface area is 109 Å². The van der Waals surface area contributed by atoms with Gasteiger partial charge in [-0.05, 0) is 30.7 Å². The molecule has 1 rings (SSSR count). The second-order valence-corrected chi connectivity index (χ2v) is 4.26. The van der Waals surface area contributed by atoms with Crippen molar-refractivity contribution in [1.82, 2.24) is 0 Å². The molecule has 0 aliphatic heterocycles. The monoisotopic (exact) mass is 244 g/mol. The predicted molar refractivity (Wildman–Crippen MR) is 75.1 cm³/mol. The number of nitrogens with one attached hydrogen (secondary N) is 1. The number of benzene rings is 1. The summed E-state index contributed by atoms with van der Waals surface area (Å²) in [7, 11) is 0. The van der Waals surface area contributed by atoms with Gasteiger partial charge in [-0.2, -0.15) is 0 Å². The minimum atomic E-state index is 0.0479. The first kappa shape index (κ1) is 14.3. The summed E-state index contributed by atoms with van der Waals surface area (Å²) >= 11 is 0. The largest absolute Gasteiger partial charge is 0.326 e. The lowest BCUT2D eigenvalue weighted by atomic mass is 10.1. The van der Waals surface area contributed by atoms with E-state index in [9.17, 15) is 4.79 Å². The maximum absolute atomic E-state index is 11.8. The van der Waals surface area contributed by atoms with E-state index >= 15 is 0 Å². The lowest BCUT2D eigenvalue weighted by molar-refractivity contribution is -0.119. The van der Waals surface area contributed by atoms with E-state index in [1.165, 1.54) is 0 Å². The molecular formula is C15H20N2O. The molecule has 3 N–H and O–H groups in total. The fourth-order valence-corrected chi connectivity index (χ4v) is 1.62. The van der Waals surface area contributed by atoms with Gasteiger partial charge in [0, 0.05) is 17.2 Å². The Morgan fingerprint density at radius 2 is 2.06 bits per heavy atom. The summed E-state index contributed by atoms with van der Waals surface area (Å²) in [6.45, 7) is 4.38. The average molecular weight is 244 g/mol. The van der Waals surface area contributed by atoms with E-state index in [4.69, 9.17) is 5.73 Å². The van der Waals surface area contributed by atoms with Crippen LogP contribution in [0, 0.1) is 17.8 Å². The maximum Gasteiger partial charge on any atom is 0.227 e. The highest BCUT2D eigenvalue weighted by molar-refractivity contribution is 5.92. The van der Waals surface area contributed by atoms with E-state index in [0.29, 0.717) is 6.54 Å². The van der Waals surface area contributed by atoms with Crippen LogP contribution in [0.5, 0.6) is 0 Å². The van der Waals surface area contributed by atoms with Crippen LogP contribution in [-0.4, -0.2) is 12.5 Å². The van der Waals surface area contributed by atoms with Gasteiger partial charge in [0.1, 0.15) is 0 Å². The van der Waals surface area contributed by atoms with Crippen LogP contribution in [0.3, 0.4) is 0 Å². The highest BCUT2D eigenvalue weighted by Gasteiger charge is 2.11. The van der Waals surface area contributed by atoms with Crippen molar-refractivity contribution in [2.24, 2.45) is 11.7 Å². The Kier molecular flexibility index (Phi) is 5.96. The van der Waals surface area contributed by atoms with E-state index in [1.807, 2.05) is 31.2 Å². The maximum atomic E-state index is 11.8. The third-order valence-corrected chi connectivity index (χ3v) is 2.66. The quantitative estimate of drug-likeness (QED) is 0.799. The zero-order chi connectivity index (χ0) is 13.4. The summed E-state index contributed by atoms with van der Waals surface area (Å²) in [5.41, 5.74) is 7.01. The Morgan fingerprint density at radius 1 is 1.39 bits per heavy atom. The van der Waals surface area contributed by atoms with Crippen molar-refractivity contribution < 1.29 is 4.79 Å². The van der Waals surface area contributed by atoms with Crippen LogP contribution in [0.25, 0.3) is 0 Å². The van der Waals surface area contributed by atoms with Gasteiger partial charge in [0.2, 0.25) is 5.91 Å². The molecule has 0 aliphatic rings. The molecule has 0 aliphatic carbocycles. The van der Waals surface area contributed by atoms with Crippen molar-refractivity contribution in [1.29, 1.82) is 0 Å². The predicted octanol–water partition coefficient (Wildman–Crippen LogP) is 2.37. The molecule has 3 heteroatoms. The zero-order valence-corrected chi connectivity index (χ0v) is 11.0. The highest BCUT2D eigenvalue weighted by Crippen LogP contribution is 2.12. The van der Waals surface area contributed by atoms with Gasteiger partial charge in [0.05, 0.1) is 6.54 Å². The SMILES string of the molecule is CCCC(C)C(=O)Nc1ccc(C#CCN)cc1. The van der Waals surface area contributed by atoms with E-state index in [2.05, 4.69) is 24.1 Å². The van der Waals surface area contributed by atoms with Gasteiger partial charge < -0.3 is 11.1 Å². The summed E-state index contributed by atoms with van der Waals surface area (Å²) in [4.78, 5) is 11.8. The second-order valence-electron chi connectivity index (χ2n) is 4.26. The zero-order valence-electron chi connectivity index (χ0n) is 11.0. The van der Waals surface area contributed by atoms with Gasteiger partial charge in [-0.25, -0.2) is 0 Å². The second kappa shape index (κ2) is 7.52. The molecule has 96 valence electrons. The number of anilines is 1. The molecule has 18 heavy (non-hydrogen) atoms. The highest BCUT2D eigenvalue weighted by atomic mass is 16.1. The van der Waals surface area contributed by atoms with E-state index < -0.39 is 0 Å². The molecule has 0 radical (unpaired) electrons. The topological polar surface area (TPSA) is 55.1 Å². The minimum Gasteiger partial charge on any atom is -0.326 e. The van der Waals surface area contributed by atoms with Gasteiger partial charge >= 0.3 is 0 Å². The number of carbonyl (C=O) groups excluding carboxylic acids is 1. The van der Waals surface area contributed by atoms with Crippen LogP contribution < -0.4 is 11.1 Å². The summed E-state index contributed by atoms with van der Waals surface area (Å²) in [5, 5.41) is 2.90. The Morgan fingerprint density at radius 3 is 2.61 bits per heavy atom. The van der Waals surface area contributed by atoms with Gasteiger partial charge in [-0.15, -0.1) is 0 Å². The van der Waals surface area contributed by atoms with E-state index in [-0.39, 0.29) is 11.8 Å². The first-order valence-corrected chi connectivity index (χ1v) is 6.27. The lowest BCUT2D eigenvalue weighted by Gasteiger charge is -2.10. The van der Waals surface area contributed by atoms with Crippen molar-refractivity contribution >= 4 is 11.6 Å². The number of hydrogen-bond acceptors (Lipinski definition) is 2. The van der Waals surface area contributed by atoms with Gasteiger partial charge in [-0.1, -0.05) is 32.1 Å². The lowest BCUT2D eigenvalue weighted by Crippen LogP contribution is -2.20. The molecule has 1 aromatic rings. The number of hydrogen-bond donors (Lipinski definition) is 2. The molecule has 3 nitrogen and oxygen atoms in total. The third-order valence-electron chi connectivity index (χ3n) is 2.66. The molecule has 0 bridgehead atoms. The molecular weight excluding hydrogens is 224 g/mol. The summed E-state index contributed by atoms with van der Waals surface area (Å²) in [5.74, 6) is 5.85. The Balaban J connectivity index is 2.61. The molecule has 0 aromatic heterocycles. The van der Waals surface area contributed by atoms with Crippen molar-refractivity contribution in [3.05, 3.63) is 29.8 Å². The van der Waals surface area contributed by atoms with Crippen molar-refractivity contribution in [2.75, 3.05) is 11.9 Å².